The van der Waals surface area contributed by atoms with Crippen molar-refractivity contribution in [3.8, 4) is 0 Å². The molecule has 0 saturated heterocycles. The number of aryl methyl sites for hydroxylation is 2. The first kappa shape index (κ1) is 12.1. The third-order valence-corrected chi connectivity index (χ3v) is 3.44. The molecule has 3 nitrogen and oxygen atoms in total. The quantitative estimate of drug-likeness (QED) is 0.749. The summed E-state index contributed by atoms with van der Waals surface area (Å²) >= 11 is 3.54. The molecule has 0 amide bonds. The Kier molecular flexibility index (Phi) is 4.03. The van der Waals surface area contributed by atoms with E-state index in [1.165, 1.54) is 18.5 Å². The van der Waals surface area contributed by atoms with Gasteiger partial charge in [0, 0.05) is 31.0 Å². The Morgan fingerprint density at radius 1 is 1.56 bits per heavy atom. The Morgan fingerprint density at radius 3 is 2.88 bits per heavy atom. The van der Waals surface area contributed by atoms with Crippen LogP contribution in [-0.2, 0) is 13.1 Å². The first-order valence-electron chi connectivity index (χ1n) is 6.08. The van der Waals surface area contributed by atoms with Gasteiger partial charge in [0.15, 0.2) is 0 Å². The lowest BCUT2D eigenvalue weighted by Gasteiger charge is -2.20. The topological polar surface area (TPSA) is 21.1 Å². The van der Waals surface area contributed by atoms with Gasteiger partial charge in [-0.05, 0) is 32.8 Å². The van der Waals surface area contributed by atoms with E-state index in [0.717, 1.165) is 36.7 Å². The number of nitrogens with zero attached hydrogens (tertiary/aromatic N) is 3. The van der Waals surface area contributed by atoms with Crippen molar-refractivity contribution in [2.24, 2.45) is 0 Å². The number of hydrogen-bond donors (Lipinski definition) is 0. The van der Waals surface area contributed by atoms with Gasteiger partial charge in [-0.25, -0.2) is 0 Å². The van der Waals surface area contributed by atoms with E-state index in [2.05, 4.69) is 50.5 Å². The molecule has 90 valence electrons. The lowest BCUT2D eigenvalue weighted by molar-refractivity contribution is 0.263. The molecule has 1 aromatic rings. The number of alkyl halides is 1. The summed E-state index contributed by atoms with van der Waals surface area (Å²) in [6, 6.07) is 3.03. The number of rotatable bonds is 6. The highest BCUT2D eigenvalue weighted by Crippen LogP contribution is 2.28. The average Bonchev–Trinajstić information content (AvgIpc) is 3.03. The molecule has 1 aliphatic carbocycles. The molecule has 0 aliphatic heterocycles. The summed E-state index contributed by atoms with van der Waals surface area (Å²) in [7, 11) is 0. The Morgan fingerprint density at radius 2 is 2.31 bits per heavy atom. The van der Waals surface area contributed by atoms with Gasteiger partial charge in [0.25, 0.3) is 0 Å². The smallest absolute Gasteiger partial charge is 0.0597 e. The predicted octanol–water partition coefficient (Wildman–Crippen LogP) is 2.57. The van der Waals surface area contributed by atoms with Gasteiger partial charge >= 0.3 is 0 Å². The zero-order valence-corrected chi connectivity index (χ0v) is 11.7. The predicted molar refractivity (Wildman–Crippen MR) is 69.9 cm³/mol. The van der Waals surface area contributed by atoms with E-state index >= 15 is 0 Å². The standard InChI is InChI=1S/C12H20BrN3/c1-3-16-12(8-10(2)14-16)9-15(7-6-13)11-4-5-11/h8,11H,3-7,9H2,1-2H3. The fourth-order valence-electron chi connectivity index (χ4n) is 2.15. The minimum absolute atomic E-state index is 0.818. The maximum absolute atomic E-state index is 4.50. The molecule has 1 aliphatic rings. The first-order valence-corrected chi connectivity index (χ1v) is 7.20. The maximum Gasteiger partial charge on any atom is 0.0597 e. The van der Waals surface area contributed by atoms with Crippen molar-refractivity contribution in [3.63, 3.8) is 0 Å². The summed E-state index contributed by atoms with van der Waals surface area (Å²) in [4.78, 5) is 2.57. The number of aromatic nitrogens is 2. The molecule has 1 aromatic heterocycles. The van der Waals surface area contributed by atoms with Crippen LogP contribution in [0.15, 0.2) is 6.07 Å². The van der Waals surface area contributed by atoms with Gasteiger partial charge in [-0.1, -0.05) is 15.9 Å². The molecule has 0 unspecified atom stereocenters. The summed E-state index contributed by atoms with van der Waals surface area (Å²) in [5.74, 6) is 0. The van der Waals surface area contributed by atoms with Crippen LogP contribution in [0.5, 0.6) is 0 Å². The molecular formula is C12H20BrN3. The highest BCUT2D eigenvalue weighted by molar-refractivity contribution is 9.09. The lowest BCUT2D eigenvalue weighted by Crippen LogP contribution is -2.28. The van der Waals surface area contributed by atoms with E-state index in [9.17, 15) is 0 Å². The zero-order chi connectivity index (χ0) is 11.5. The van der Waals surface area contributed by atoms with Gasteiger partial charge in [0.1, 0.15) is 0 Å². The molecular weight excluding hydrogens is 266 g/mol. The second-order valence-electron chi connectivity index (χ2n) is 4.48. The van der Waals surface area contributed by atoms with Crippen LogP contribution in [0, 0.1) is 6.92 Å². The second-order valence-corrected chi connectivity index (χ2v) is 5.28. The largest absolute Gasteiger partial charge is 0.294 e. The van der Waals surface area contributed by atoms with Crippen LogP contribution in [0.2, 0.25) is 0 Å². The van der Waals surface area contributed by atoms with Crippen molar-refractivity contribution < 1.29 is 0 Å². The van der Waals surface area contributed by atoms with Crippen molar-refractivity contribution in [1.82, 2.24) is 14.7 Å². The lowest BCUT2D eigenvalue weighted by atomic mass is 10.3. The van der Waals surface area contributed by atoms with Crippen LogP contribution in [0.3, 0.4) is 0 Å². The monoisotopic (exact) mass is 285 g/mol. The van der Waals surface area contributed by atoms with E-state index in [0.29, 0.717) is 0 Å². The third-order valence-electron chi connectivity index (χ3n) is 3.09. The van der Waals surface area contributed by atoms with Crippen LogP contribution in [-0.4, -0.2) is 32.6 Å². The van der Waals surface area contributed by atoms with Crippen molar-refractivity contribution in [3.05, 3.63) is 17.5 Å². The molecule has 0 spiro atoms. The van der Waals surface area contributed by atoms with Crippen LogP contribution in [0.4, 0.5) is 0 Å². The summed E-state index contributed by atoms with van der Waals surface area (Å²) in [6.45, 7) is 7.38. The van der Waals surface area contributed by atoms with Crippen molar-refractivity contribution in [1.29, 1.82) is 0 Å². The van der Waals surface area contributed by atoms with Crippen LogP contribution in [0.25, 0.3) is 0 Å². The summed E-state index contributed by atoms with van der Waals surface area (Å²) in [5, 5.41) is 5.56. The molecule has 1 heterocycles. The summed E-state index contributed by atoms with van der Waals surface area (Å²) < 4.78 is 2.12. The van der Waals surface area contributed by atoms with Crippen LogP contribution in [0.1, 0.15) is 31.2 Å². The highest BCUT2D eigenvalue weighted by Gasteiger charge is 2.28. The van der Waals surface area contributed by atoms with Gasteiger partial charge < -0.3 is 0 Å². The summed E-state index contributed by atoms with van der Waals surface area (Å²) in [5.41, 5.74) is 2.49. The van der Waals surface area contributed by atoms with Crippen molar-refractivity contribution in [2.75, 3.05) is 11.9 Å². The van der Waals surface area contributed by atoms with Gasteiger partial charge in [0.2, 0.25) is 0 Å². The maximum atomic E-state index is 4.50. The number of hydrogen-bond acceptors (Lipinski definition) is 2. The number of halogens is 1. The second kappa shape index (κ2) is 5.32. The molecule has 0 aromatic carbocycles. The SMILES string of the molecule is CCn1nc(C)cc1CN(CCBr)C1CC1. The van der Waals surface area contributed by atoms with E-state index in [1.807, 2.05) is 0 Å². The Labute approximate surface area is 106 Å². The fourth-order valence-corrected chi connectivity index (χ4v) is 2.60. The Bertz CT molecular complexity index is 344. The zero-order valence-electron chi connectivity index (χ0n) is 10.1. The Balaban J connectivity index is 2.04. The van der Waals surface area contributed by atoms with Gasteiger partial charge in [-0.2, -0.15) is 5.10 Å². The van der Waals surface area contributed by atoms with E-state index in [4.69, 9.17) is 0 Å². The van der Waals surface area contributed by atoms with Gasteiger partial charge in [-0.3, -0.25) is 9.58 Å². The molecule has 1 fully saturated rings. The normalized spacial score (nSPS) is 16.0. The fraction of sp³-hybridized carbons (Fsp3) is 0.750. The molecule has 1 saturated carbocycles. The van der Waals surface area contributed by atoms with Crippen molar-refractivity contribution in [2.45, 2.75) is 45.8 Å². The molecule has 0 radical (unpaired) electrons. The molecule has 0 N–H and O–H groups in total. The third kappa shape index (κ3) is 2.86. The minimum atomic E-state index is 0.818. The summed E-state index contributed by atoms with van der Waals surface area (Å²) in [6.07, 6.45) is 2.73. The van der Waals surface area contributed by atoms with Crippen molar-refractivity contribution >= 4 is 15.9 Å². The van der Waals surface area contributed by atoms with Crippen LogP contribution < -0.4 is 0 Å². The molecule has 0 bridgehead atoms. The van der Waals surface area contributed by atoms with E-state index in [-0.39, 0.29) is 0 Å². The Hall–Kier alpha value is -0.350. The molecule has 16 heavy (non-hydrogen) atoms. The van der Waals surface area contributed by atoms with Gasteiger partial charge in [-0.15, -0.1) is 0 Å². The van der Waals surface area contributed by atoms with E-state index < -0.39 is 0 Å². The average molecular weight is 286 g/mol. The van der Waals surface area contributed by atoms with Gasteiger partial charge in [0.05, 0.1) is 11.4 Å². The molecule has 2 rings (SSSR count). The van der Waals surface area contributed by atoms with E-state index in [1.54, 1.807) is 0 Å². The minimum Gasteiger partial charge on any atom is -0.294 e. The molecule has 0 atom stereocenters. The van der Waals surface area contributed by atoms with Crippen LogP contribution >= 0.6 is 15.9 Å². The first-order chi connectivity index (χ1) is 7.74. The highest BCUT2D eigenvalue weighted by atomic mass is 79.9. The molecule has 4 heteroatoms.